The lowest BCUT2D eigenvalue weighted by Gasteiger charge is -2.23. The Hall–Kier alpha value is -0.890. The van der Waals surface area contributed by atoms with Gasteiger partial charge in [0.05, 0.1) is 0 Å². The number of hydrogen-bond acceptors (Lipinski definition) is 2. The van der Waals surface area contributed by atoms with Gasteiger partial charge in [-0.15, -0.1) is 0 Å². The fourth-order valence-electron chi connectivity index (χ4n) is 1.81. The summed E-state index contributed by atoms with van der Waals surface area (Å²) in [6.45, 7) is 10.0. The Labute approximate surface area is 99.5 Å². The molecule has 1 rings (SSSR count). The Kier molecular flexibility index (Phi) is 5.47. The van der Waals surface area contributed by atoms with Crippen LogP contribution < -0.4 is 5.32 Å². The van der Waals surface area contributed by atoms with E-state index in [9.17, 15) is 0 Å². The summed E-state index contributed by atoms with van der Waals surface area (Å²) in [6, 6.07) is 4.79. The zero-order chi connectivity index (χ0) is 12.0. The molecule has 0 saturated heterocycles. The highest BCUT2D eigenvalue weighted by Gasteiger charge is 2.16. The van der Waals surface area contributed by atoms with Gasteiger partial charge in [-0.2, -0.15) is 0 Å². The molecule has 2 nitrogen and oxygen atoms in total. The lowest BCUT2D eigenvalue weighted by atomic mass is 9.89. The van der Waals surface area contributed by atoms with Gasteiger partial charge in [-0.25, -0.2) is 0 Å². The monoisotopic (exact) mass is 220 g/mol. The summed E-state index contributed by atoms with van der Waals surface area (Å²) in [7, 11) is 0. The average molecular weight is 220 g/mol. The molecule has 2 heteroatoms. The van der Waals surface area contributed by atoms with E-state index in [0.29, 0.717) is 17.9 Å². The van der Waals surface area contributed by atoms with Gasteiger partial charge in [0.15, 0.2) is 0 Å². The Morgan fingerprint density at radius 3 is 2.56 bits per heavy atom. The summed E-state index contributed by atoms with van der Waals surface area (Å²) in [5.74, 6) is 1.20. The minimum Gasteiger partial charge on any atom is -0.314 e. The number of pyridine rings is 1. The molecule has 0 aromatic carbocycles. The zero-order valence-electron chi connectivity index (χ0n) is 10.9. The van der Waals surface area contributed by atoms with Crippen LogP contribution in [0.4, 0.5) is 0 Å². The van der Waals surface area contributed by atoms with Crippen LogP contribution in [0.25, 0.3) is 0 Å². The molecule has 0 aliphatic rings. The van der Waals surface area contributed by atoms with Crippen LogP contribution in [0.3, 0.4) is 0 Å². The van der Waals surface area contributed by atoms with Gasteiger partial charge in [0.2, 0.25) is 0 Å². The van der Waals surface area contributed by atoms with Crippen molar-refractivity contribution in [3.8, 4) is 0 Å². The highest BCUT2D eigenvalue weighted by Crippen LogP contribution is 2.22. The molecule has 90 valence electrons. The molecule has 0 bridgehead atoms. The maximum Gasteiger partial charge on any atom is 0.0303 e. The van der Waals surface area contributed by atoms with Crippen molar-refractivity contribution >= 4 is 0 Å². The van der Waals surface area contributed by atoms with Crippen molar-refractivity contribution in [3.05, 3.63) is 30.1 Å². The van der Waals surface area contributed by atoms with Crippen LogP contribution in [-0.2, 0) is 0 Å². The molecule has 0 aliphatic carbocycles. The van der Waals surface area contributed by atoms with E-state index in [0.717, 1.165) is 6.54 Å². The van der Waals surface area contributed by atoms with Crippen molar-refractivity contribution in [1.82, 2.24) is 10.3 Å². The van der Waals surface area contributed by atoms with Crippen molar-refractivity contribution in [1.29, 1.82) is 0 Å². The van der Waals surface area contributed by atoms with E-state index in [2.05, 4.69) is 44.1 Å². The van der Waals surface area contributed by atoms with Gasteiger partial charge in [-0.3, -0.25) is 4.98 Å². The summed E-state index contributed by atoms with van der Waals surface area (Å²) in [5, 5.41) is 3.58. The lowest BCUT2D eigenvalue weighted by Crippen LogP contribution is -2.31. The van der Waals surface area contributed by atoms with Crippen molar-refractivity contribution < 1.29 is 0 Å². The second-order valence-corrected chi connectivity index (χ2v) is 4.85. The van der Waals surface area contributed by atoms with Crippen molar-refractivity contribution in [2.75, 3.05) is 6.54 Å². The Bertz CT molecular complexity index is 282. The molecule has 16 heavy (non-hydrogen) atoms. The SMILES string of the molecule is CCC(C)NCC(c1cccnc1)C(C)C. The fraction of sp³-hybridized carbons (Fsp3) is 0.643. The second kappa shape index (κ2) is 6.64. The first-order valence-electron chi connectivity index (χ1n) is 6.28. The van der Waals surface area contributed by atoms with Gasteiger partial charge in [0.25, 0.3) is 0 Å². The van der Waals surface area contributed by atoms with Crippen LogP contribution in [0, 0.1) is 5.92 Å². The van der Waals surface area contributed by atoms with Gasteiger partial charge in [0, 0.05) is 30.9 Å². The molecule has 0 amide bonds. The van der Waals surface area contributed by atoms with Gasteiger partial charge in [0.1, 0.15) is 0 Å². The normalized spacial score (nSPS) is 15.1. The van der Waals surface area contributed by atoms with Gasteiger partial charge in [-0.05, 0) is 30.9 Å². The predicted molar refractivity (Wildman–Crippen MR) is 69.6 cm³/mol. The highest BCUT2D eigenvalue weighted by molar-refractivity contribution is 5.15. The molecule has 2 atom stereocenters. The van der Waals surface area contributed by atoms with Crippen molar-refractivity contribution in [2.24, 2.45) is 5.92 Å². The minimum absolute atomic E-state index is 0.558. The largest absolute Gasteiger partial charge is 0.314 e. The summed E-state index contributed by atoms with van der Waals surface area (Å²) in [6.07, 6.45) is 5.00. The first kappa shape index (κ1) is 13.2. The van der Waals surface area contributed by atoms with Crippen molar-refractivity contribution in [3.63, 3.8) is 0 Å². The number of nitrogens with zero attached hydrogens (tertiary/aromatic N) is 1. The Morgan fingerprint density at radius 1 is 1.31 bits per heavy atom. The molecule has 0 aliphatic heterocycles. The molecule has 0 radical (unpaired) electrons. The maximum absolute atomic E-state index is 4.21. The van der Waals surface area contributed by atoms with E-state index in [-0.39, 0.29) is 0 Å². The number of aromatic nitrogens is 1. The summed E-state index contributed by atoms with van der Waals surface area (Å²) < 4.78 is 0. The molecule has 0 fully saturated rings. The third-order valence-electron chi connectivity index (χ3n) is 3.22. The quantitative estimate of drug-likeness (QED) is 0.796. The molecular weight excluding hydrogens is 196 g/mol. The smallest absolute Gasteiger partial charge is 0.0303 e. The van der Waals surface area contributed by atoms with Gasteiger partial charge < -0.3 is 5.32 Å². The summed E-state index contributed by atoms with van der Waals surface area (Å²) in [4.78, 5) is 4.21. The van der Waals surface area contributed by atoms with Crippen LogP contribution in [-0.4, -0.2) is 17.6 Å². The number of rotatable bonds is 6. The topological polar surface area (TPSA) is 24.9 Å². The van der Waals surface area contributed by atoms with E-state index in [1.165, 1.54) is 12.0 Å². The van der Waals surface area contributed by atoms with E-state index in [4.69, 9.17) is 0 Å². The van der Waals surface area contributed by atoms with Gasteiger partial charge in [-0.1, -0.05) is 26.8 Å². The van der Waals surface area contributed by atoms with E-state index >= 15 is 0 Å². The van der Waals surface area contributed by atoms with E-state index in [1.54, 1.807) is 0 Å². The third-order valence-corrected chi connectivity index (χ3v) is 3.22. The van der Waals surface area contributed by atoms with Crippen LogP contribution in [0.2, 0.25) is 0 Å². The average Bonchev–Trinajstić information content (AvgIpc) is 2.30. The molecule has 1 N–H and O–H groups in total. The van der Waals surface area contributed by atoms with Crippen LogP contribution in [0.15, 0.2) is 24.5 Å². The summed E-state index contributed by atoms with van der Waals surface area (Å²) in [5.41, 5.74) is 1.34. The van der Waals surface area contributed by atoms with Crippen LogP contribution in [0.1, 0.15) is 45.6 Å². The maximum atomic E-state index is 4.21. The molecule has 1 aromatic heterocycles. The standard InChI is InChI=1S/C14H24N2/c1-5-12(4)16-10-14(11(2)3)13-7-6-8-15-9-13/h6-9,11-12,14,16H,5,10H2,1-4H3. The first-order chi connectivity index (χ1) is 7.65. The van der Waals surface area contributed by atoms with E-state index in [1.807, 2.05) is 18.5 Å². The molecule has 2 unspecified atom stereocenters. The third kappa shape index (κ3) is 3.93. The first-order valence-corrected chi connectivity index (χ1v) is 6.28. The minimum atomic E-state index is 0.558. The molecule has 1 heterocycles. The fourth-order valence-corrected chi connectivity index (χ4v) is 1.81. The van der Waals surface area contributed by atoms with E-state index < -0.39 is 0 Å². The molecule has 0 spiro atoms. The summed E-state index contributed by atoms with van der Waals surface area (Å²) >= 11 is 0. The zero-order valence-corrected chi connectivity index (χ0v) is 10.9. The van der Waals surface area contributed by atoms with Gasteiger partial charge >= 0.3 is 0 Å². The molecule has 1 aromatic rings. The lowest BCUT2D eigenvalue weighted by molar-refractivity contribution is 0.426. The Morgan fingerprint density at radius 2 is 2.06 bits per heavy atom. The molecule has 0 saturated carbocycles. The number of hydrogen-bond donors (Lipinski definition) is 1. The number of nitrogens with one attached hydrogen (secondary N) is 1. The highest BCUT2D eigenvalue weighted by atomic mass is 14.9. The van der Waals surface area contributed by atoms with Crippen LogP contribution >= 0.6 is 0 Å². The second-order valence-electron chi connectivity index (χ2n) is 4.85. The van der Waals surface area contributed by atoms with Crippen molar-refractivity contribution in [2.45, 2.75) is 46.1 Å². The van der Waals surface area contributed by atoms with Crippen LogP contribution in [0.5, 0.6) is 0 Å². The molecular formula is C14H24N2. The predicted octanol–water partition coefficient (Wildman–Crippen LogP) is 3.21. The Balaban J connectivity index is 2.62.